The molecule has 0 unspecified atom stereocenters. The van der Waals surface area contributed by atoms with Crippen molar-refractivity contribution in [3.05, 3.63) is 75.9 Å². The number of anilines is 2. The maximum absolute atomic E-state index is 13.8. The van der Waals surface area contributed by atoms with Gasteiger partial charge in [-0.2, -0.15) is 0 Å². The van der Waals surface area contributed by atoms with Crippen LogP contribution in [0, 0.1) is 0 Å². The number of aliphatic carboxylic acids is 1. The van der Waals surface area contributed by atoms with Crippen LogP contribution in [0.15, 0.2) is 54.7 Å². The lowest BCUT2D eigenvalue weighted by Crippen LogP contribution is -2.45. The quantitative estimate of drug-likeness (QED) is 0.291. The predicted octanol–water partition coefficient (Wildman–Crippen LogP) is 5.72. The van der Waals surface area contributed by atoms with E-state index in [2.05, 4.69) is 21.3 Å². The molecule has 0 spiro atoms. The maximum Gasteiger partial charge on any atom is 0.305 e. The molecule has 0 bridgehead atoms. The van der Waals surface area contributed by atoms with Gasteiger partial charge in [0.15, 0.2) is 0 Å². The van der Waals surface area contributed by atoms with Crippen molar-refractivity contribution in [1.82, 2.24) is 10.3 Å². The molecular formula is C30H30Cl2N4O5. The van der Waals surface area contributed by atoms with Crippen LogP contribution in [0.5, 0.6) is 11.6 Å². The number of para-hydroxylation sites is 2. The molecule has 9 nitrogen and oxygen atoms in total. The van der Waals surface area contributed by atoms with E-state index in [4.69, 9.17) is 33.0 Å². The van der Waals surface area contributed by atoms with Crippen molar-refractivity contribution >= 4 is 52.4 Å². The van der Waals surface area contributed by atoms with Gasteiger partial charge in [-0.05, 0) is 61.6 Å². The minimum absolute atomic E-state index is 0.0913. The average Bonchev–Trinajstić information content (AvgIpc) is 3.80. The molecule has 2 N–H and O–H groups in total. The maximum atomic E-state index is 13.8. The van der Waals surface area contributed by atoms with Crippen molar-refractivity contribution in [2.45, 2.75) is 44.6 Å². The van der Waals surface area contributed by atoms with E-state index < -0.39 is 5.97 Å². The Morgan fingerprint density at radius 3 is 2.54 bits per heavy atom. The third kappa shape index (κ3) is 6.92. The number of carboxylic acid groups (broad SMARTS) is 1. The largest absolute Gasteiger partial charge is 0.481 e. The highest BCUT2D eigenvalue weighted by molar-refractivity contribution is 6.34. The fraction of sp³-hybridized carbons (Fsp3) is 0.333. The van der Waals surface area contributed by atoms with Crippen LogP contribution in [-0.2, 0) is 16.0 Å². The Kier molecular flexibility index (Phi) is 8.95. The average molecular weight is 597 g/mol. The molecule has 11 heteroatoms. The normalized spacial score (nSPS) is 14.4. The molecule has 1 aliphatic carbocycles. The van der Waals surface area contributed by atoms with E-state index in [0.717, 1.165) is 23.5 Å². The Morgan fingerprint density at radius 1 is 1.00 bits per heavy atom. The Balaban J connectivity index is 1.27. The SMILES string of the molecule is O=C(O)CCNC(=O)CCCc1cc(Cl)c(Oc2ncccc2C(=O)N2CCN(C3CC3)c3ccccc32)cc1Cl. The van der Waals surface area contributed by atoms with Crippen LogP contribution in [0.3, 0.4) is 0 Å². The van der Waals surface area contributed by atoms with Gasteiger partial charge in [0.1, 0.15) is 11.3 Å². The molecule has 1 aliphatic heterocycles. The number of amides is 2. The molecule has 41 heavy (non-hydrogen) atoms. The smallest absolute Gasteiger partial charge is 0.305 e. The van der Waals surface area contributed by atoms with Crippen LogP contribution >= 0.6 is 23.2 Å². The van der Waals surface area contributed by atoms with Crippen LogP contribution in [0.1, 0.15) is 48.0 Å². The summed E-state index contributed by atoms with van der Waals surface area (Å²) in [4.78, 5) is 44.8. The fourth-order valence-corrected chi connectivity index (χ4v) is 5.39. The van der Waals surface area contributed by atoms with Gasteiger partial charge in [0.05, 0.1) is 22.8 Å². The minimum atomic E-state index is -0.965. The highest BCUT2D eigenvalue weighted by Crippen LogP contribution is 2.41. The molecule has 1 fully saturated rings. The summed E-state index contributed by atoms with van der Waals surface area (Å²) in [6.45, 7) is 1.41. The number of hydrogen-bond acceptors (Lipinski definition) is 6. The van der Waals surface area contributed by atoms with Crippen LogP contribution < -0.4 is 19.9 Å². The molecule has 1 saturated carbocycles. The van der Waals surface area contributed by atoms with Crippen molar-refractivity contribution in [2.75, 3.05) is 29.4 Å². The lowest BCUT2D eigenvalue weighted by Gasteiger charge is -2.38. The number of pyridine rings is 1. The number of rotatable bonds is 11. The zero-order valence-electron chi connectivity index (χ0n) is 22.3. The highest BCUT2D eigenvalue weighted by atomic mass is 35.5. The molecule has 0 atom stereocenters. The summed E-state index contributed by atoms with van der Waals surface area (Å²) in [5, 5.41) is 12.0. The fourth-order valence-electron chi connectivity index (χ4n) is 4.92. The van der Waals surface area contributed by atoms with Crippen LogP contribution in [0.4, 0.5) is 11.4 Å². The van der Waals surface area contributed by atoms with Gasteiger partial charge in [-0.25, -0.2) is 4.98 Å². The number of benzene rings is 2. The van der Waals surface area contributed by atoms with E-state index in [1.807, 2.05) is 18.2 Å². The molecule has 214 valence electrons. The molecule has 2 aromatic carbocycles. The topological polar surface area (TPSA) is 112 Å². The summed E-state index contributed by atoms with van der Waals surface area (Å²) >= 11 is 13.1. The first-order valence-electron chi connectivity index (χ1n) is 13.6. The zero-order chi connectivity index (χ0) is 28.9. The second-order valence-corrected chi connectivity index (χ2v) is 10.9. The highest BCUT2D eigenvalue weighted by Gasteiger charge is 2.36. The number of halogens is 2. The molecule has 0 radical (unpaired) electrons. The van der Waals surface area contributed by atoms with Crippen molar-refractivity contribution in [1.29, 1.82) is 0 Å². The molecule has 2 aliphatic rings. The molecule has 2 heterocycles. The first-order valence-corrected chi connectivity index (χ1v) is 14.3. The standard InChI is InChI=1S/C30H30Cl2N4O5/c31-22-18-26(23(32)17-19(22)5-3-9-27(37)33-14-12-28(38)39)41-29-21(6-4-13-34-29)30(40)36-16-15-35(20-10-11-20)24-7-1-2-8-25(24)36/h1-2,4,6-8,13,17-18,20H,3,5,9-12,14-16H2,(H,33,37)(H,38,39). The summed E-state index contributed by atoms with van der Waals surface area (Å²) < 4.78 is 6.05. The summed E-state index contributed by atoms with van der Waals surface area (Å²) in [6, 6.07) is 15.1. The van der Waals surface area contributed by atoms with E-state index in [0.29, 0.717) is 41.0 Å². The lowest BCUT2D eigenvalue weighted by atomic mass is 10.1. The first-order chi connectivity index (χ1) is 19.8. The van der Waals surface area contributed by atoms with E-state index in [9.17, 15) is 14.4 Å². The van der Waals surface area contributed by atoms with Crippen LogP contribution in [0.2, 0.25) is 10.0 Å². The number of nitrogens with zero attached hydrogens (tertiary/aromatic N) is 3. The number of fused-ring (bicyclic) bond motifs is 1. The van der Waals surface area contributed by atoms with Crippen molar-refractivity contribution in [3.63, 3.8) is 0 Å². The first kappa shape index (κ1) is 28.7. The van der Waals surface area contributed by atoms with Crippen molar-refractivity contribution in [2.24, 2.45) is 0 Å². The van der Waals surface area contributed by atoms with Gasteiger partial charge < -0.3 is 25.0 Å². The number of carbonyl (C=O) groups is 3. The van der Waals surface area contributed by atoms with E-state index in [1.54, 1.807) is 35.4 Å². The number of nitrogens with one attached hydrogen (secondary N) is 1. The number of carbonyl (C=O) groups excluding carboxylic acids is 2. The summed E-state index contributed by atoms with van der Waals surface area (Å²) in [5.41, 5.74) is 2.98. The van der Waals surface area contributed by atoms with E-state index in [-0.39, 0.29) is 42.8 Å². The Hall–Kier alpha value is -3.82. The minimum Gasteiger partial charge on any atom is -0.481 e. The van der Waals surface area contributed by atoms with E-state index >= 15 is 0 Å². The van der Waals surface area contributed by atoms with Gasteiger partial charge in [-0.15, -0.1) is 0 Å². The van der Waals surface area contributed by atoms with Crippen LogP contribution in [0.25, 0.3) is 0 Å². The van der Waals surface area contributed by atoms with Crippen molar-refractivity contribution < 1.29 is 24.2 Å². The van der Waals surface area contributed by atoms with Gasteiger partial charge in [-0.1, -0.05) is 35.3 Å². The third-order valence-electron chi connectivity index (χ3n) is 7.10. The van der Waals surface area contributed by atoms with Crippen molar-refractivity contribution in [3.8, 4) is 11.6 Å². The van der Waals surface area contributed by atoms with Gasteiger partial charge in [0, 0.05) is 49.4 Å². The molecular weight excluding hydrogens is 567 g/mol. The summed E-state index contributed by atoms with van der Waals surface area (Å²) in [7, 11) is 0. The van der Waals surface area contributed by atoms with Gasteiger partial charge in [0.2, 0.25) is 11.8 Å². The number of ether oxygens (including phenoxy) is 1. The number of carboxylic acids is 1. The number of aromatic nitrogens is 1. The molecule has 0 saturated heterocycles. The molecule has 3 aromatic rings. The lowest BCUT2D eigenvalue weighted by molar-refractivity contribution is -0.136. The zero-order valence-corrected chi connectivity index (χ0v) is 23.8. The van der Waals surface area contributed by atoms with Crippen LogP contribution in [-0.4, -0.2) is 53.6 Å². The monoisotopic (exact) mass is 596 g/mol. The molecule has 2 amide bonds. The summed E-state index contributed by atoms with van der Waals surface area (Å²) in [6.07, 6.45) is 5.00. The Bertz CT molecular complexity index is 1460. The van der Waals surface area contributed by atoms with Gasteiger partial charge in [-0.3, -0.25) is 14.4 Å². The predicted molar refractivity (Wildman–Crippen MR) is 157 cm³/mol. The number of hydrogen-bond donors (Lipinski definition) is 2. The summed E-state index contributed by atoms with van der Waals surface area (Å²) in [5.74, 6) is -1.01. The third-order valence-corrected chi connectivity index (χ3v) is 7.75. The van der Waals surface area contributed by atoms with E-state index in [1.165, 1.54) is 12.8 Å². The second-order valence-electron chi connectivity index (χ2n) is 10.0. The second kappa shape index (κ2) is 12.8. The van der Waals surface area contributed by atoms with Gasteiger partial charge in [0.25, 0.3) is 5.91 Å². The molecule has 1 aromatic heterocycles. The Labute approximate surface area is 248 Å². The number of aryl methyl sites for hydroxylation is 1. The molecule has 5 rings (SSSR count). The Morgan fingerprint density at radius 2 is 1.78 bits per heavy atom. The van der Waals surface area contributed by atoms with Gasteiger partial charge >= 0.3 is 5.97 Å².